The predicted molar refractivity (Wildman–Crippen MR) is 78.3 cm³/mol. The molecule has 0 radical (unpaired) electrons. The van der Waals surface area contributed by atoms with Crippen LogP contribution in [0.4, 0.5) is 4.39 Å². The first kappa shape index (κ1) is 13.5. The second kappa shape index (κ2) is 5.36. The largest absolute Gasteiger partial charge is 0.457 e. The average Bonchev–Trinajstić information content (AvgIpc) is 2.36. The molecule has 19 heavy (non-hydrogen) atoms. The van der Waals surface area contributed by atoms with Gasteiger partial charge in [0, 0.05) is 0 Å². The van der Waals surface area contributed by atoms with Crippen molar-refractivity contribution in [3.05, 3.63) is 58.9 Å². The van der Waals surface area contributed by atoms with E-state index in [1.807, 2.05) is 32.0 Å². The molecule has 0 saturated carbocycles. The molecule has 98 valence electrons. The van der Waals surface area contributed by atoms with Crippen molar-refractivity contribution in [1.29, 1.82) is 0 Å². The fourth-order valence-corrected chi connectivity index (χ4v) is 1.85. The SMILES string of the molecule is Cc1ccc(Oc2ccc(F)cc2C(N)=S)cc1C. The number of halogens is 1. The summed E-state index contributed by atoms with van der Waals surface area (Å²) < 4.78 is 18.9. The van der Waals surface area contributed by atoms with Gasteiger partial charge in [-0.1, -0.05) is 18.3 Å². The summed E-state index contributed by atoms with van der Waals surface area (Å²) >= 11 is 4.90. The lowest BCUT2D eigenvalue weighted by Gasteiger charge is -2.11. The Morgan fingerprint density at radius 3 is 2.47 bits per heavy atom. The smallest absolute Gasteiger partial charge is 0.137 e. The quantitative estimate of drug-likeness (QED) is 0.864. The van der Waals surface area contributed by atoms with Crippen molar-refractivity contribution < 1.29 is 9.13 Å². The van der Waals surface area contributed by atoms with Crippen LogP contribution in [0.2, 0.25) is 0 Å². The highest BCUT2D eigenvalue weighted by molar-refractivity contribution is 7.80. The molecule has 4 heteroatoms. The molecule has 0 unspecified atom stereocenters. The number of thiocarbonyl (C=S) groups is 1. The lowest BCUT2D eigenvalue weighted by atomic mass is 10.1. The first-order valence-electron chi connectivity index (χ1n) is 5.82. The first-order chi connectivity index (χ1) is 8.97. The van der Waals surface area contributed by atoms with Crippen LogP contribution in [0.25, 0.3) is 0 Å². The first-order valence-corrected chi connectivity index (χ1v) is 6.22. The van der Waals surface area contributed by atoms with Gasteiger partial charge in [0.2, 0.25) is 0 Å². The molecule has 2 nitrogen and oxygen atoms in total. The van der Waals surface area contributed by atoms with E-state index in [0.29, 0.717) is 17.1 Å². The maximum absolute atomic E-state index is 13.2. The van der Waals surface area contributed by atoms with Gasteiger partial charge in [-0.05, 0) is 55.3 Å². The normalized spacial score (nSPS) is 10.3. The lowest BCUT2D eigenvalue weighted by Crippen LogP contribution is -2.11. The Kier molecular flexibility index (Phi) is 3.81. The fraction of sp³-hybridized carbons (Fsp3) is 0.133. The van der Waals surface area contributed by atoms with E-state index in [9.17, 15) is 4.39 Å². The van der Waals surface area contributed by atoms with Crippen LogP contribution in [-0.4, -0.2) is 4.99 Å². The van der Waals surface area contributed by atoms with Crippen LogP contribution < -0.4 is 10.5 Å². The summed E-state index contributed by atoms with van der Waals surface area (Å²) in [6, 6.07) is 9.86. The topological polar surface area (TPSA) is 35.2 Å². The van der Waals surface area contributed by atoms with Crippen molar-refractivity contribution in [2.24, 2.45) is 5.73 Å². The van der Waals surface area contributed by atoms with E-state index in [4.69, 9.17) is 22.7 Å². The zero-order valence-electron chi connectivity index (χ0n) is 10.7. The highest BCUT2D eigenvalue weighted by Crippen LogP contribution is 2.27. The number of hydrogen-bond donors (Lipinski definition) is 1. The van der Waals surface area contributed by atoms with Crippen LogP contribution in [-0.2, 0) is 0 Å². The van der Waals surface area contributed by atoms with E-state index >= 15 is 0 Å². The Labute approximate surface area is 117 Å². The van der Waals surface area contributed by atoms with Crippen molar-refractivity contribution in [2.75, 3.05) is 0 Å². The van der Waals surface area contributed by atoms with Crippen molar-refractivity contribution >= 4 is 17.2 Å². The molecule has 0 atom stereocenters. The molecule has 0 aliphatic carbocycles. The molecule has 0 saturated heterocycles. The number of rotatable bonds is 3. The molecule has 0 aliphatic heterocycles. The summed E-state index contributed by atoms with van der Waals surface area (Å²) in [6.45, 7) is 4.03. The molecule has 0 fully saturated rings. The van der Waals surface area contributed by atoms with E-state index in [1.54, 1.807) is 0 Å². The van der Waals surface area contributed by atoms with Crippen LogP contribution in [0, 0.1) is 19.7 Å². The van der Waals surface area contributed by atoms with Gasteiger partial charge in [0.15, 0.2) is 0 Å². The van der Waals surface area contributed by atoms with Gasteiger partial charge in [-0.2, -0.15) is 0 Å². The molecular formula is C15H14FNOS. The lowest BCUT2D eigenvalue weighted by molar-refractivity contribution is 0.479. The second-order valence-electron chi connectivity index (χ2n) is 4.35. The minimum absolute atomic E-state index is 0.110. The van der Waals surface area contributed by atoms with Gasteiger partial charge >= 0.3 is 0 Å². The van der Waals surface area contributed by atoms with Crippen LogP contribution in [0.1, 0.15) is 16.7 Å². The third-order valence-electron chi connectivity index (χ3n) is 2.91. The number of aryl methyl sites for hydroxylation is 2. The average molecular weight is 275 g/mol. The van der Waals surface area contributed by atoms with Crippen LogP contribution in [0.5, 0.6) is 11.5 Å². The Morgan fingerprint density at radius 2 is 1.84 bits per heavy atom. The van der Waals surface area contributed by atoms with Crippen LogP contribution in [0.3, 0.4) is 0 Å². The molecule has 2 N–H and O–H groups in total. The Bertz CT molecular complexity index is 640. The van der Waals surface area contributed by atoms with Gasteiger partial charge in [0.1, 0.15) is 22.3 Å². The van der Waals surface area contributed by atoms with Gasteiger partial charge in [0.25, 0.3) is 0 Å². The van der Waals surface area contributed by atoms with Crippen molar-refractivity contribution in [3.63, 3.8) is 0 Å². The van der Waals surface area contributed by atoms with Gasteiger partial charge in [0.05, 0.1) is 5.56 Å². The van der Waals surface area contributed by atoms with Gasteiger partial charge in [-0.3, -0.25) is 0 Å². The molecule has 0 spiro atoms. The predicted octanol–water partition coefficient (Wildman–Crippen LogP) is 3.87. The summed E-state index contributed by atoms with van der Waals surface area (Å²) in [4.78, 5) is 0.110. The minimum Gasteiger partial charge on any atom is -0.457 e. The van der Waals surface area contributed by atoms with Crippen LogP contribution >= 0.6 is 12.2 Å². The van der Waals surface area contributed by atoms with Gasteiger partial charge < -0.3 is 10.5 Å². The molecule has 0 aliphatic rings. The molecule has 2 rings (SSSR count). The molecule has 0 heterocycles. The molecule has 0 amide bonds. The van der Waals surface area contributed by atoms with Gasteiger partial charge in [-0.25, -0.2) is 4.39 Å². The number of nitrogens with two attached hydrogens (primary N) is 1. The van der Waals surface area contributed by atoms with Crippen molar-refractivity contribution in [1.82, 2.24) is 0 Å². The van der Waals surface area contributed by atoms with E-state index in [2.05, 4.69) is 0 Å². The maximum Gasteiger partial charge on any atom is 0.137 e. The number of hydrogen-bond acceptors (Lipinski definition) is 2. The molecule has 0 bridgehead atoms. The highest BCUT2D eigenvalue weighted by Gasteiger charge is 2.09. The van der Waals surface area contributed by atoms with Crippen molar-refractivity contribution in [2.45, 2.75) is 13.8 Å². The highest BCUT2D eigenvalue weighted by atomic mass is 32.1. The standard InChI is InChI=1S/C15H14FNOS/c1-9-3-5-12(7-10(9)2)18-14-6-4-11(16)8-13(14)15(17)19/h3-8H,1-2H3,(H2,17,19). The van der Waals surface area contributed by atoms with E-state index in [0.717, 1.165) is 5.56 Å². The number of ether oxygens (including phenoxy) is 1. The molecular weight excluding hydrogens is 261 g/mol. The summed E-state index contributed by atoms with van der Waals surface area (Å²) in [5.74, 6) is 0.736. The third-order valence-corrected chi connectivity index (χ3v) is 3.13. The van der Waals surface area contributed by atoms with Crippen LogP contribution in [0.15, 0.2) is 36.4 Å². The fourth-order valence-electron chi connectivity index (χ4n) is 1.69. The molecule has 2 aromatic carbocycles. The Morgan fingerprint density at radius 1 is 1.11 bits per heavy atom. The molecule has 0 aromatic heterocycles. The summed E-state index contributed by atoms with van der Waals surface area (Å²) in [5.41, 5.74) is 8.28. The monoisotopic (exact) mass is 275 g/mol. The van der Waals surface area contributed by atoms with Gasteiger partial charge in [-0.15, -0.1) is 0 Å². The summed E-state index contributed by atoms with van der Waals surface area (Å²) in [5, 5.41) is 0. The zero-order chi connectivity index (χ0) is 14.0. The van der Waals surface area contributed by atoms with E-state index < -0.39 is 5.82 Å². The maximum atomic E-state index is 13.2. The van der Waals surface area contributed by atoms with Crippen molar-refractivity contribution in [3.8, 4) is 11.5 Å². The zero-order valence-corrected chi connectivity index (χ0v) is 11.6. The second-order valence-corrected chi connectivity index (χ2v) is 4.79. The van der Waals surface area contributed by atoms with E-state index in [-0.39, 0.29) is 4.99 Å². The Balaban J connectivity index is 2.37. The minimum atomic E-state index is -0.393. The molecule has 2 aromatic rings. The third kappa shape index (κ3) is 3.09. The Hall–Kier alpha value is -1.94. The number of benzene rings is 2. The summed E-state index contributed by atoms with van der Waals surface area (Å²) in [6.07, 6.45) is 0. The van der Waals surface area contributed by atoms with E-state index in [1.165, 1.54) is 23.8 Å². The summed E-state index contributed by atoms with van der Waals surface area (Å²) in [7, 11) is 0.